The first-order valence-corrected chi connectivity index (χ1v) is 2.69. The van der Waals surface area contributed by atoms with E-state index in [1.165, 1.54) is 5.32 Å². The van der Waals surface area contributed by atoms with Gasteiger partial charge in [-0.2, -0.15) is 8.78 Å². The van der Waals surface area contributed by atoms with Crippen molar-refractivity contribution in [2.75, 3.05) is 0 Å². The van der Waals surface area contributed by atoms with Gasteiger partial charge in [-0.1, -0.05) is 0 Å². The maximum Gasteiger partial charge on any atom is 0.336 e. The Morgan fingerprint density at radius 1 is 1.50 bits per heavy atom. The fourth-order valence-electron chi connectivity index (χ4n) is 0.665. The minimum atomic E-state index is -3.52. The van der Waals surface area contributed by atoms with Crippen molar-refractivity contribution >= 4 is 11.8 Å². The highest BCUT2D eigenvalue weighted by molar-refractivity contribution is 6.07. The highest BCUT2D eigenvalue weighted by atomic mass is 19.3. The van der Waals surface area contributed by atoms with Gasteiger partial charge < -0.3 is 0 Å². The summed E-state index contributed by atoms with van der Waals surface area (Å²) in [5.41, 5.74) is 0. The van der Waals surface area contributed by atoms with Crippen molar-refractivity contribution in [3.63, 3.8) is 0 Å². The average Bonchev–Trinajstić information content (AvgIpc) is 1.97. The molecule has 0 aromatic carbocycles. The van der Waals surface area contributed by atoms with Gasteiger partial charge in [-0.3, -0.25) is 14.9 Å². The van der Waals surface area contributed by atoms with Crippen molar-refractivity contribution in [2.45, 2.75) is 12.8 Å². The van der Waals surface area contributed by atoms with E-state index in [4.69, 9.17) is 0 Å². The molecule has 1 saturated heterocycles. The molecule has 0 radical (unpaired) electrons. The number of nitrogens with one attached hydrogen (secondary N) is 1. The second-order valence-electron chi connectivity index (χ2n) is 2.16. The van der Waals surface area contributed by atoms with Gasteiger partial charge in [0.05, 0.1) is 0 Å². The zero-order valence-corrected chi connectivity index (χ0v) is 5.15. The molecule has 10 heavy (non-hydrogen) atoms. The molecule has 0 bridgehead atoms. The number of carbonyl (C=O) groups excluding carboxylic acids is 2. The normalized spacial score (nSPS) is 30.5. The van der Waals surface area contributed by atoms with E-state index in [2.05, 4.69) is 0 Å². The lowest BCUT2D eigenvalue weighted by Crippen LogP contribution is -2.31. The zero-order chi connectivity index (χ0) is 7.94. The molecule has 1 atom stereocenters. The van der Waals surface area contributed by atoms with Crippen molar-refractivity contribution in [2.24, 2.45) is 5.92 Å². The largest absolute Gasteiger partial charge is 0.336 e. The summed E-state index contributed by atoms with van der Waals surface area (Å²) < 4.78 is 24.7. The molecule has 0 aromatic rings. The summed E-state index contributed by atoms with van der Waals surface area (Å²) in [6, 6.07) is 0. The van der Waals surface area contributed by atoms with Gasteiger partial charge in [0.2, 0.25) is 5.91 Å². The molecular weight excluding hydrogens is 144 g/mol. The van der Waals surface area contributed by atoms with Crippen LogP contribution in [-0.4, -0.2) is 17.7 Å². The Morgan fingerprint density at radius 3 is 2.10 bits per heavy atom. The van der Waals surface area contributed by atoms with Crippen LogP contribution >= 0.6 is 0 Å². The third kappa shape index (κ3) is 0.698. The highest BCUT2D eigenvalue weighted by Gasteiger charge is 2.54. The molecule has 0 aromatic heterocycles. The van der Waals surface area contributed by atoms with Gasteiger partial charge in [-0.25, -0.2) is 0 Å². The Hall–Kier alpha value is -1.00. The summed E-state index contributed by atoms with van der Waals surface area (Å²) in [6.45, 7) is 1.01. The van der Waals surface area contributed by atoms with Crippen molar-refractivity contribution in [3.05, 3.63) is 0 Å². The maximum absolute atomic E-state index is 12.3. The number of amides is 2. The van der Waals surface area contributed by atoms with Crippen molar-refractivity contribution < 1.29 is 18.4 Å². The molecule has 1 aliphatic heterocycles. The van der Waals surface area contributed by atoms with E-state index in [-0.39, 0.29) is 0 Å². The van der Waals surface area contributed by atoms with Crippen LogP contribution in [-0.2, 0) is 9.59 Å². The van der Waals surface area contributed by atoms with Crippen LogP contribution in [0.1, 0.15) is 6.92 Å². The zero-order valence-electron chi connectivity index (χ0n) is 5.15. The number of hydrogen-bond donors (Lipinski definition) is 1. The quantitative estimate of drug-likeness (QED) is 0.489. The molecule has 0 saturated carbocycles. The summed E-state index contributed by atoms with van der Waals surface area (Å²) in [4.78, 5) is 20.6. The summed E-state index contributed by atoms with van der Waals surface area (Å²) in [6.07, 6.45) is 0. The van der Waals surface area contributed by atoms with E-state index in [0.29, 0.717) is 0 Å². The number of halogens is 2. The molecular formula is C5H5F2NO2. The summed E-state index contributed by atoms with van der Waals surface area (Å²) in [5.74, 6) is -7.45. The minimum absolute atomic E-state index is 0.907. The molecule has 1 fully saturated rings. The predicted octanol–water partition coefficient (Wildman–Crippen LogP) is -0.0858. The van der Waals surface area contributed by atoms with Crippen molar-refractivity contribution in [1.82, 2.24) is 5.32 Å². The Kier molecular flexibility index (Phi) is 1.24. The van der Waals surface area contributed by atoms with Gasteiger partial charge in [0.25, 0.3) is 5.91 Å². The summed E-state index contributed by atoms with van der Waals surface area (Å²) in [7, 11) is 0. The van der Waals surface area contributed by atoms with Gasteiger partial charge in [0, 0.05) is 0 Å². The fourth-order valence-corrected chi connectivity index (χ4v) is 0.665. The second-order valence-corrected chi connectivity index (χ2v) is 2.16. The molecule has 1 rings (SSSR count). The second kappa shape index (κ2) is 1.74. The Bertz CT molecular complexity index is 202. The van der Waals surface area contributed by atoms with E-state index in [0.717, 1.165) is 6.92 Å². The highest BCUT2D eigenvalue weighted by Crippen LogP contribution is 2.29. The maximum atomic E-state index is 12.3. The molecule has 1 aliphatic rings. The Morgan fingerprint density at radius 2 is 2.00 bits per heavy atom. The number of imide groups is 1. The van der Waals surface area contributed by atoms with Gasteiger partial charge in [-0.05, 0) is 6.92 Å². The number of carbonyl (C=O) groups is 2. The minimum Gasteiger partial charge on any atom is -0.291 e. The lowest BCUT2D eigenvalue weighted by atomic mass is 10.1. The van der Waals surface area contributed by atoms with E-state index in [1.54, 1.807) is 0 Å². The lowest BCUT2D eigenvalue weighted by Gasteiger charge is -2.06. The predicted molar refractivity (Wildman–Crippen MR) is 27.3 cm³/mol. The molecule has 1 heterocycles. The van der Waals surface area contributed by atoms with Gasteiger partial charge in [0.15, 0.2) is 0 Å². The number of rotatable bonds is 0. The van der Waals surface area contributed by atoms with Crippen LogP contribution in [0.2, 0.25) is 0 Å². The van der Waals surface area contributed by atoms with Crippen LogP contribution in [0.5, 0.6) is 0 Å². The first kappa shape index (κ1) is 7.11. The van der Waals surface area contributed by atoms with Crippen molar-refractivity contribution in [1.29, 1.82) is 0 Å². The topological polar surface area (TPSA) is 46.2 Å². The fraction of sp³-hybridized carbons (Fsp3) is 0.600. The van der Waals surface area contributed by atoms with Crippen molar-refractivity contribution in [3.8, 4) is 0 Å². The number of hydrogen-bond acceptors (Lipinski definition) is 2. The molecule has 1 N–H and O–H groups in total. The van der Waals surface area contributed by atoms with Crippen LogP contribution < -0.4 is 5.32 Å². The Balaban J connectivity index is 2.96. The lowest BCUT2D eigenvalue weighted by molar-refractivity contribution is -0.144. The van der Waals surface area contributed by atoms with E-state index >= 15 is 0 Å². The van der Waals surface area contributed by atoms with Crippen LogP contribution in [0.3, 0.4) is 0 Å². The molecule has 5 heteroatoms. The van der Waals surface area contributed by atoms with E-state index < -0.39 is 23.7 Å². The van der Waals surface area contributed by atoms with E-state index in [1.807, 2.05) is 0 Å². The average molecular weight is 149 g/mol. The van der Waals surface area contributed by atoms with Gasteiger partial charge >= 0.3 is 5.92 Å². The molecule has 2 amide bonds. The number of alkyl halides is 2. The monoisotopic (exact) mass is 149 g/mol. The van der Waals surface area contributed by atoms with E-state index in [9.17, 15) is 18.4 Å². The first-order valence-electron chi connectivity index (χ1n) is 2.69. The molecule has 0 spiro atoms. The molecule has 0 aliphatic carbocycles. The van der Waals surface area contributed by atoms with Crippen LogP contribution in [0.4, 0.5) is 8.78 Å². The first-order chi connectivity index (χ1) is 4.46. The molecule has 56 valence electrons. The van der Waals surface area contributed by atoms with Gasteiger partial charge in [0.1, 0.15) is 5.92 Å². The Labute approximate surface area is 55.4 Å². The summed E-state index contributed by atoms with van der Waals surface area (Å²) in [5, 5.41) is 1.53. The molecule has 3 nitrogen and oxygen atoms in total. The smallest absolute Gasteiger partial charge is 0.291 e. The third-order valence-electron chi connectivity index (χ3n) is 1.48. The van der Waals surface area contributed by atoms with Crippen LogP contribution in [0.15, 0.2) is 0 Å². The standard InChI is InChI=1S/C5H5F2NO2/c1-2-3(9)8-4(10)5(2,6)7/h2H,1H3,(H,8,9,10). The van der Waals surface area contributed by atoms with Crippen LogP contribution in [0, 0.1) is 5.92 Å². The SMILES string of the molecule is CC1C(=O)NC(=O)C1(F)F. The summed E-state index contributed by atoms with van der Waals surface area (Å²) >= 11 is 0. The third-order valence-corrected chi connectivity index (χ3v) is 1.48. The van der Waals surface area contributed by atoms with Crippen LogP contribution in [0.25, 0.3) is 0 Å². The van der Waals surface area contributed by atoms with Gasteiger partial charge in [-0.15, -0.1) is 0 Å². The molecule has 1 unspecified atom stereocenters.